The van der Waals surface area contributed by atoms with E-state index in [-0.39, 0.29) is 12.3 Å². The molecule has 0 aromatic heterocycles. The standard InChI is InChI=1S/C15H15N3O4/c1-9(22-15(21)12-6-7-13(19)17-12)14(20)18-11-5-3-2-4-10(11)8-16/h2-5,9,12H,6-7H2,1H3,(H,17,19)(H,18,20)/t9-,12-/m0/s1. The lowest BCUT2D eigenvalue weighted by Gasteiger charge is -2.16. The van der Waals surface area contributed by atoms with Crippen LogP contribution in [0.5, 0.6) is 0 Å². The quantitative estimate of drug-likeness (QED) is 0.796. The van der Waals surface area contributed by atoms with Gasteiger partial charge in [-0.1, -0.05) is 12.1 Å². The molecule has 7 nitrogen and oxygen atoms in total. The number of carbonyl (C=O) groups excluding carboxylic acids is 3. The van der Waals surface area contributed by atoms with E-state index in [1.165, 1.54) is 6.92 Å². The molecule has 0 aliphatic carbocycles. The molecular weight excluding hydrogens is 286 g/mol. The molecule has 1 fully saturated rings. The number of amides is 2. The number of anilines is 1. The van der Waals surface area contributed by atoms with Crippen molar-refractivity contribution in [3.63, 3.8) is 0 Å². The van der Waals surface area contributed by atoms with Gasteiger partial charge in [-0.2, -0.15) is 5.26 Å². The van der Waals surface area contributed by atoms with Gasteiger partial charge in [-0.3, -0.25) is 9.59 Å². The van der Waals surface area contributed by atoms with Gasteiger partial charge >= 0.3 is 5.97 Å². The van der Waals surface area contributed by atoms with E-state index in [0.29, 0.717) is 17.7 Å². The molecule has 0 unspecified atom stereocenters. The molecule has 2 rings (SSSR count). The summed E-state index contributed by atoms with van der Waals surface area (Å²) >= 11 is 0. The van der Waals surface area contributed by atoms with Crippen LogP contribution in [0.4, 0.5) is 5.69 Å². The summed E-state index contributed by atoms with van der Waals surface area (Å²) in [4.78, 5) is 34.9. The Morgan fingerprint density at radius 3 is 2.82 bits per heavy atom. The van der Waals surface area contributed by atoms with Crippen LogP contribution in [0.2, 0.25) is 0 Å². The Hall–Kier alpha value is -2.88. The Morgan fingerprint density at radius 1 is 1.45 bits per heavy atom. The Kier molecular flexibility index (Phi) is 4.73. The van der Waals surface area contributed by atoms with E-state index in [1.807, 2.05) is 6.07 Å². The van der Waals surface area contributed by atoms with Crippen molar-refractivity contribution in [3.8, 4) is 6.07 Å². The summed E-state index contributed by atoms with van der Waals surface area (Å²) in [5.41, 5.74) is 0.671. The van der Waals surface area contributed by atoms with E-state index in [0.717, 1.165) is 0 Å². The normalized spacial score (nSPS) is 18.0. The lowest BCUT2D eigenvalue weighted by molar-refractivity contribution is -0.155. The third kappa shape index (κ3) is 3.61. The number of nitrogens with zero attached hydrogens (tertiary/aromatic N) is 1. The van der Waals surface area contributed by atoms with Gasteiger partial charge in [0.1, 0.15) is 12.1 Å². The topological polar surface area (TPSA) is 108 Å². The van der Waals surface area contributed by atoms with Gasteiger partial charge in [0.15, 0.2) is 6.10 Å². The molecule has 1 saturated heterocycles. The molecule has 0 saturated carbocycles. The predicted octanol–water partition coefficient (Wildman–Crippen LogP) is 0.707. The van der Waals surface area contributed by atoms with E-state index >= 15 is 0 Å². The SMILES string of the molecule is C[C@H](OC(=O)[C@@H]1CCC(=O)N1)C(=O)Nc1ccccc1C#N. The summed E-state index contributed by atoms with van der Waals surface area (Å²) in [6.07, 6.45) is -0.393. The van der Waals surface area contributed by atoms with Crippen molar-refractivity contribution in [2.24, 2.45) is 0 Å². The van der Waals surface area contributed by atoms with Crippen LogP contribution >= 0.6 is 0 Å². The highest BCUT2D eigenvalue weighted by molar-refractivity contribution is 5.97. The fourth-order valence-corrected chi connectivity index (χ4v) is 2.02. The van der Waals surface area contributed by atoms with Crippen LogP contribution in [0, 0.1) is 11.3 Å². The minimum absolute atomic E-state index is 0.206. The maximum Gasteiger partial charge on any atom is 0.329 e. The van der Waals surface area contributed by atoms with Crippen LogP contribution < -0.4 is 10.6 Å². The van der Waals surface area contributed by atoms with Gasteiger partial charge in [-0.25, -0.2) is 4.79 Å². The molecule has 1 aliphatic rings. The maximum atomic E-state index is 12.0. The number of hydrogen-bond donors (Lipinski definition) is 2. The first-order chi connectivity index (χ1) is 10.5. The molecule has 2 atom stereocenters. The number of ether oxygens (including phenoxy) is 1. The zero-order valence-corrected chi connectivity index (χ0v) is 12.0. The maximum absolute atomic E-state index is 12.0. The second-order valence-electron chi connectivity index (χ2n) is 4.88. The molecule has 22 heavy (non-hydrogen) atoms. The Balaban J connectivity index is 1.93. The molecule has 7 heteroatoms. The van der Waals surface area contributed by atoms with Crippen molar-refractivity contribution in [2.75, 3.05) is 5.32 Å². The van der Waals surface area contributed by atoms with Crippen LogP contribution in [-0.2, 0) is 19.1 Å². The van der Waals surface area contributed by atoms with Crippen molar-refractivity contribution in [3.05, 3.63) is 29.8 Å². The van der Waals surface area contributed by atoms with Gasteiger partial charge in [0, 0.05) is 6.42 Å². The lowest BCUT2D eigenvalue weighted by Crippen LogP contribution is -2.39. The van der Waals surface area contributed by atoms with Gasteiger partial charge in [0.05, 0.1) is 11.3 Å². The fraction of sp³-hybridized carbons (Fsp3) is 0.333. The Bertz CT molecular complexity index is 650. The molecule has 0 spiro atoms. The zero-order valence-electron chi connectivity index (χ0n) is 12.0. The average Bonchev–Trinajstić information content (AvgIpc) is 2.94. The predicted molar refractivity (Wildman–Crippen MR) is 76.5 cm³/mol. The molecule has 0 radical (unpaired) electrons. The number of hydrogen-bond acceptors (Lipinski definition) is 5. The molecule has 1 heterocycles. The monoisotopic (exact) mass is 301 g/mol. The van der Waals surface area contributed by atoms with Crippen LogP contribution in [0.3, 0.4) is 0 Å². The van der Waals surface area contributed by atoms with Crippen molar-refractivity contribution < 1.29 is 19.1 Å². The Labute approximate surface area is 127 Å². The van der Waals surface area contributed by atoms with E-state index in [1.54, 1.807) is 24.3 Å². The van der Waals surface area contributed by atoms with Crippen LogP contribution in [0.1, 0.15) is 25.3 Å². The minimum Gasteiger partial charge on any atom is -0.451 e. The molecule has 1 aromatic carbocycles. The zero-order chi connectivity index (χ0) is 16.1. The second kappa shape index (κ2) is 6.72. The highest BCUT2D eigenvalue weighted by Crippen LogP contribution is 2.15. The van der Waals surface area contributed by atoms with Crippen LogP contribution in [0.15, 0.2) is 24.3 Å². The number of esters is 1. The van der Waals surface area contributed by atoms with Crippen LogP contribution in [-0.4, -0.2) is 29.9 Å². The van der Waals surface area contributed by atoms with Crippen LogP contribution in [0.25, 0.3) is 0 Å². The number of rotatable bonds is 4. The first kappa shape index (κ1) is 15.5. The highest BCUT2D eigenvalue weighted by Gasteiger charge is 2.30. The number of nitriles is 1. The minimum atomic E-state index is -1.03. The number of para-hydroxylation sites is 1. The number of nitrogens with one attached hydrogen (secondary N) is 2. The lowest BCUT2D eigenvalue weighted by atomic mass is 10.2. The summed E-state index contributed by atoms with van der Waals surface area (Å²) in [6, 6.07) is 7.78. The molecule has 1 aliphatic heterocycles. The Morgan fingerprint density at radius 2 is 2.18 bits per heavy atom. The summed E-state index contributed by atoms with van der Waals surface area (Å²) in [6.45, 7) is 1.43. The van der Waals surface area contributed by atoms with E-state index in [2.05, 4.69) is 10.6 Å². The third-order valence-corrected chi connectivity index (χ3v) is 3.25. The third-order valence-electron chi connectivity index (χ3n) is 3.25. The first-order valence-electron chi connectivity index (χ1n) is 6.81. The van der Waals surface area contributed by atoms with Gasteiger partial charge < -0.3 is 15.4 Å². The second-order valence-corrected chi connectivity index (χ2v) is 4.88. The van der Waals surface area contributed by atoms with E-state index in [9.17, 15) is 14.4 Å². The summed E-state index contributed by atoms with van der Waals surface area (Å²) < 4.78 is 5.04. The van der Waals surface area contributed by atoms with Crippen molar-refractivity contribution >= 4 is 23.5 Å². The average molecular weight is 301 g/mol. The molecule has 2 amide bonds. The highest BCUT2D eigenvalue weighted by atomic mass is 16.5. The summed E-state index contributed by atoms with van der Waals surface area (Å²) in [5.74, 6) is -1.38. The molecule has 0 bridgehead atoms. The van der Waals surface area contributed by atoms with E-state index in [4.69, 9.17) is 10.00 Å². The number of benzene rings is 1. The molecule has 2 N–H and O–H groups in total. The van der Waals surface area contributed by atoms with Crippen molar-refractivity contribution in [2.45, 2.75) is 31.9 Å². The fourth-order valence-electron chi connectivity index (χ4n) is 2.02. The molecule has 114 valence electrons. The van der Waals surface area contributed by atoms with Crippen molar-refractivity contribution in [1.29, 1.82) is 5.26 Å². The largest absolute Gasteiger partial charge is 0.451 e. The van der Waals surface area contributed by atoms with Crippen molar-refractivity contribution in [1.82, 2.24) is 5.32 Å². The van der Waals surface area contributed by atoms with Gasteiger partial charge in [0.2, 0.25) is 5.91 Å². The summed E-state index contributed by atoms with van der Waals surface area (Å²) in [7, 11) is 0. The summed E-state index contributed by atoms with van der Waals surface area (Å²) in [5, 5.41) is 14.0. The first-order valence-corrected chi connectivity index (χ1v) is 6.81. The van der Waals surface area contributed by atoms with Gasteiger partial charge in [0.25, 0.3) is 5.91 Å². The van der Waals surface area contributed by atoms with E-state index < -0.39 is 24.0 Å². The van der Waals surface area contributed by atoms with Gasteiger partial charge in [-0.15, -0.1) is 0 Å². The molecule has 1 aromatic rings. The number of carbonyl (C=O) groups is 3. The smallest absolute Gasteiger partial charge is 0.329 e. The molecular formula is C15H15N3O4. The van der Waals surface area contributed by atoms with Gasteiger partial charge in [-0.05, 0) is 25.5 Å².